The van der Waals surface area contributed by atoms with E-state index in [0.717, 1.165) is 16.8 Å². The lowest BCUT2D eigenvalue weighted by molar-refractivity contribution is -0.137. The van der Waals surface area contributed by atoms with Crippen molar-refractivity contribution in [2.45, 2.75) is 38.8 Å². The molecule has 1 aromatic heterocycles. The van der Waals surface area contributed by atoms with Crippen LogP contribution in [0, 0.1) is 5.82 Å². The van der Waals surface area contributed by atoms with Crippen LogP contribution >= 0.6 is 0 Å². The number of benzene rings is 2. The van der Waals surface area contributed by atoms with Gasteiger partial charge >= 0.3 is 12.0 Å². The number of unbranched alkanes of at least 4 members (excludes halogenated alkanes) is 1. The third kappa shape index (κ3) is 5.46. The van der Waals surface area contributed by atoms with E-state index in [4.69, 9.17) is 9.84 Å². The van der Waals surface area contributed by atoms with Crippen molar-refractivity contribution in [3.63, 3.8) is 0 Å². The van der Waals surface area contributed by atoms with Crippen LogP contribution in [0.2, 0.25) is 0 Å². The molecule has 0 bridgehead atoms. The SMILES string of the molecule is O=C(O)CCCCc1ccc(OCc2ncccc2F)cc1N1Cc2ccccc2NC1=O. The zero-order valence-corrected chi connectivity index (χ0v) is 18.0. The first-order valence-corrected chi connectivity index (χ1v) is 10.7. The summed E-state index contributed by atoms with van der Waals surface area (Å²) in [5, 5.41) is 11.8. The van der Waals surface area contributed by atoms with Crippen molar-refractivity contribution >= 4 is 23.4 Å². The molecule has 8 heteroatoms. The van der Waals surface area contributed by atoms with Gasteiger partial charge in [0.05, 0.1) is 12.2 Å². The molecule has 4 rings (SSSR count). The number of carbonyl (C=O) groups excluding carboxylic acids is 1. The molecular weight excluding hydrogens is 425 g/mol. The second kappa shape index (κ2) is 10.1. The lowest BCUT2D eigenvalue weighted by Crippen LogP contribution is -2.39. The Labute approximate surface area is 190 Å². The molecule has 0 saturated heterocycles. The van der Waals surface area contributed by atoms with Crippen LogP contribution < -0.4 is 15.0 Å². The van der Waals surface area contributed by atoms with Gasteiger partial charge in [0, 0.05) is 24.4 Å². The highest BCUT2D eigenvalue weighted by atomic mass is 19.1. The summed E-state index contributed by atoms with van der Waals surface area (Å²) in [7, 11) is 0. The van der Waals surface area contributed by atoms with Crippen LogP contribution in [0.15, 0.2) is 60.8 Å². The number of carboxylic acids is 1. The quantitative estimate of drug-likeness (QED) is 0.441. The molecule has 0 fully saturated rings. The summed E-state index contributed by atoms with van der Waals surface area (Å²) in [6.45, 7) is 0.349. The van der Waals surface area contributed by atoms with Crippen molar-refractivity contribution in [2.75, 3.05) is 10.2 Å². The third-order valence-corrected chi connectivity index (χ3v) is 5.48. The Bertz CT molecular complexity index is 1170. The number of pyridine rings is 1. The second-order valence-corrected chi connectivity index (χ2v) is 7.79. The minimum atomic E-state index is -0.826. The number of carbonyl (C=O) groups is 2. The maximum atomic E-state index is 13.9. The van der Waals surface area contributed by atoms with Gasteiger partial charge in [-0.2, -0.15) is 0 Å². The van der Waals surface area contributed by atoms with Gasteiger partial charge in [-0.3, -0.25) is 14.7 Å². The predicted octanol–water partition coefficient (Wildman–Crippen LogP) is 5.15. The van der Waals surface area contributed by atoms with E-state index in [1.165, 1.54) is 18.3 Å². The maximum absolute atomic E-state index is 13.9. The van der Waals surface area contributed by atoms with E-state index in [-0.39, 0.29) is 24.8 Å². The Morgan fingerprint density at radius 1 is 1.15 bits per heavy atom. The first kappa shape index (κ1) is 22.3. The standard InChI is InChI=1S/C25H24FN3O4/c26-20-8-5-13-27-22(20)16-33-19-12-11-17(6-2-4-10-24(30)31)23(14-19)29-15-18-7-1-3-9-21(18)28-25(29)32/h1,3,5,7-9,11-14H,2,4,6,10,15-16H2,(H,28,32)(H,30,31). The number of aromatic nitrogens is 1. The van der Waals surface area contributed by atoms with Gasteiger partial charge in [-0.15, -0.1) is 0 Å². The van der Waals surface area contributed by atoms with Crippen LogP contribution in [0.25, 0.3) is 0 Å². The first-order chi connectivity index (χ1) is 16.0. The zero-order chi connectivity index (χ0) is 23.2. The monoisotopic (exact) mass is 449 g/mol. The van der Waals surface area contributed by atoms with Crippen LogP contribution in [0.4, 0.5) is 20.6 Å². The lowest BCUT2D eigenvalue weighted by atomic mass is 10.0. The van der Waals surface area contributed by atoms with Gasteiger partial charge in [-0.05, 0) is 54.7 Å². The summed E-state index contributed by atoms with van der Waals surface area (Å²) in [5.41, 5.74) is 3.54. The number of ether oxygens (including phenoxy) is 1. The van der Waals surface area contributed by atoms with Crippen molar-refractivity contribution in [3.05, 3.63) is 83.4 Å². The Balaban J connectivity index is 1.58. The fraction of sp³-hybridized carbons (Fsp3) is 0.240. The maximum Gasteiger partial charge on any atom is 0.326 e. The molecule has 1 aliphatic rings. The summed E-state index contributed by atoms with van der Waals surface area (Å²) in [6.07, 6.45) is 3.43. The Hall–Kier alpha value is -3.94. The van der Waals surface area contributed by atoms with E-state index in [0.29, 0.717) is 37.2 Å². The fourth-order valence-corrected chi connectivity index (χ4v) is 3.76. The van der Waals surface area contributed by atoms with Crippen LogP contribution in [0.3, 0.4) is 0 Å². The van der Waals surface area contributed by atoms with E-state index in [1.54, 1.807) is 17.0 Å². The number of rotatable bonds is 9. The molecular formula is C25H24FN3O4. The first-order valence-electron chi connectivity index (χ1n) is 10.7. The van der Waals surface area contributed by atoms with Gasteiger partial charge in [0.25, 0.3) is 0 Å². The van der Waals surface area contributed by atoms with Gasteiger partial charge in [0.15, 0.2) is 0 Å². The number of nitrogens with one attached hydrogen (secondary N) is 1. The number of aryl methyl sites for hydroxylation is 1. The van der Waals surface area contributed by atoms with E-state index in [9.17, 15) is 14.0 Å². The number of carboxylic acid groups (broad SMARTS) is 1. The average molecular weight is 449 g/mol. The van der Waals surface area contributed by atoms with E-state index in [2.05, 4.69) is 10.3 Å². The molecule has 1 aliphatic heterocycles. The fourth-order valence-electron chi connectivity index (χ4n) is 3.76. The number of halogens is 1. The summed E-state index contributed by atoms with van der Waals surface area (Å²) in [5.74, 6) is -0.788. The normalized spacial score (nSPS) is 12.8. The molecule has 2 amide bonds. The van der Waals surface area contributed by atoms with Crippen molar-refractivity contribution in [1.82, 2.24) is 4.98 Å². The minimum Gasteiger partial charge on any atom is -0.487 e. The minimum absolute atomic E-state index is 0.0426. The molecule has 0 saturated carbocycles. The molecule has 2 N–H and O–H groups in total. The van der Waals surface area contributed by atoms with Gasteiger partial charge < -0.3 is 15.2 Å². The second-order valence-electron chi connectivity index (χ2n) is 7.79. The highest BCUT2D eigenvalue weighted by Crippen LogP contribution is 2.33. The highest BCUT2D eigenvalue weighted by Gasteiger charge is 2.25. The molecule has 7 nitrogen and oxygen atoms in total. The topological polar surface area (TPSA) is 91.8 Å². The summed E-state index contributed by atoms with van der Waals surface area (Å²) < 4.78 is 19.7. The molecule has 0 unspecified atom stereocenters. The number of aliphatic carboxylic acids is 1. The molecule has 170 valence electrons. The predicted molar refractivity (Wildman–Crippen MR) is 122 cm³/mol. The Morgan fingerprint density at radius 3 is 2.82 bits per heavy atom. The smallest absolute Gasteiger partial charge is 0.326 e. The summed E-state index contributed by atoms with van der Waals surface area (Å²) in [6, 6.07) is 15.6. The van der Waals surface area contributed by atoms with Crippen molar-refractivity contribution < 1.29 is 23.8 Å². The van der Waals surface area contributed by atoms with Crippen LogP contribution in [-0.4, -0.2) is 22.1 Å². The Kier molecular flexibility index (Phi) is 6.83. The number of para-hydroxylation sites is 1. The Morgan fingerprint density at radius 2 is 2.00 bits per heavy atom. The van der Waals surface area contributed by atoms with Crippen LogP contribution in [0.1, 0.15) is 36.1 Å². The molecule has 0 radical (unpaired) electrons. The average Bonchev–Trinajstić information content (AvgIpc) is 2.81. The summed E-state index contributed by atoms with van der Waals surface area (Å²) in [4.78, 5) is 29.4. The molecule has 0 spiro atoms. The van der Waals surface area contributed by atoms with Crippen molar-refractivity contribution in [3.8, 4) is 5.75 Å². The molecule has 33 heavy (non-hydrogen) atoms. The summed E-state index contributed by atoms with van der Waals surface area (Å²) >= 11 is 0. The van der Waals surface area contributed by atoms with Gasteiger partial charge in [-0.25, -0.2) is 9.18 Å². The molecule has 0 atom stereocenters. The van der Waals surface area contributed by atoms with Gasteiger partial charge in [-0.1, -0.05) is 24.3 Å². The van der Waals surface area contributed by atoms with Crippen molar-refractivity contribution in [2.24, 2.45) is 0 Å². The largest absolute Gasteiger partial charge is 0.487 e. The number of amides is 2. The van der Waals surface area contributed by atoms with E-state index in [1.807, 2.05) is 30.3 Å². The molecule has 2 aromatic carbocycles. The van der Waals surface area contributed by atoms with E-state index < -0.39 is 11.8 Å². The van der Waals surface area contributed by atoms with Crippen LogP contribution in [0.5, 0.6) is 5.75 Å². The molecule has 3 aromatic rings. The highest BCUT2D eigenvalue weighted by molar-refractivity contribution is 6.04. The number of nitrogens with zero attached hydrogens (tertiary/aromatic N) is 2. The van der Waals surface area contributed by atoms with E-state index >= 15 is 0 Å². The number of hydrogen-bond donors (Lipinski definition) is 2. The van der Waals surface area contributed by atoms with Crippen LogP contribution in [-0.2, 0) is 24.4 Å². The number of urea groups is 1. The number of anilines is 2. The number of fused-ring (bicyclic) bond motifs is 1. The zero-order valence-electron chi connectivity index (χ0n) is 18.0. The van der Waals surface area contributed by atoms with Gasteiger partial charge in [0.2, 0.25) is 0 Å². The number of hydrogen-bond acceptors (Lipinski definition) is 4. The molecule has 2 heterocycles. The van der Waals surface area contributed by atoms with Crippen molar-refractivity contribution in [1.29, 1.82) is 0 Å². The lowest BCUT2D eigenvalue weighted by Gasteiger charge is -2.31. The van der Waals surface area contributed by atoms with Gasteiger partial charge in [0.1, 0.15) is 23.9 Å². The third-order valence-electron chi connectivity index (χ3n) is 5.48. The molecule has 0 aliphatic carbocycles.